The summed E-state index contributed by atoms with van der Waals surface area (Å²) in [5.74, 6) is -1.53. The molecule has 1 aromatic rings. The van der Waals surface area contributed by atoms with Crippen LogP contribution in [-0.2, 0) is 14.3 Å². The van der Waals surface area contributed by atoms with Gasteiger partial charge in [0.2, 0.25) is 0 Å². The van der Waals surface area contributed by atoms with Crippen LogP contribution >= 0.6 is 11.3 Å². The fourth-order valence-corrected chi connectivity index (χ4v) is 2.65. The molecular weight excluding hydrogens is 344 g/mol. The van der Waals surface area contributed by atoms with Gasteiger partial charge in [0.25, 0.3) is 5.91 Å². The van der Waals surface area contributed by atoms with Gasteiger partial charge in [-0.05, 0) is 46.8 Å². The van der Waals surface area contributed by atoms with Crippen LogP contribution in [0.5, 0.6) is 0 Å². The molecule has 0 radical (unpaired) electrons. The van der Waals surface area contributed by atoms with E-state index in [0.717, 1.165) is 4.88 Å². The van der Waals surface area contributed by atoms with E-state index in [2.05, 4.69) is 10.6 Å². The Bertz CT molecular complexity index is 660. The van der Waals surface area contributed by atoms with Gasteiger partial charge < -0.3 is 10.1 Å². The number of hydrogen-bond donors (Lipinski definition) is 2. The zero-order chi connectivity index (χ0) is 19.2. The molecule has 0 fully saturated rings. The highest BCUT2D eigenvalue weighted by atomic mass is 32.1. The summed E-state index contributed by atoms with van der Waals surface area (Å²) in [6, 6.07) is 2.90. The van der Waals surface area contributed by atoms with E-state index in [1.807, 2.05) is 13.0 Å². The van der Waals surface area contributed by atoms with Gasteiger partial charge >= 0.3 is 12.0 Å². The number of aryl methyl sites for hydroxylation is 1. The predicted octanol–water partition coefficient (Wildman–Crippen LogP) is 2.58. The number of amides is 3. The summed E-state index contributed by atoms with van der Waals surface area (Å²) >= 11 is 1.37. The number of ether oxygens (including phenoxy) is 1. The quantitative estimate of drug-likeness (QED) is 0.593. The van der Waals surface area contributed by atoms with E-state index < -0.39 is 29.6 Å². The maximum absolute atomic E-state index is 11.9. The Morgan fingerprint density at radius 1 is 1.16 bits per heavy atom. The highest BCUT2D eigenvalue weighted by Gasteiger charge is 2.22. The first kappa shape index (κ1) is 20.8. The first-order valence-electron chi connectivity index (χ1n) is 7.90. The first-order chi connectivity index (χ1) is 11.5. The number of esters is 1. The number of urea groups is 1. The number of ketones is 1. The number of carbonyl (C=O) groups is 4. The van der Waals surface area contributed by atoms with Crippen LogP contribution in [0.1, 0.15) is 55.1 Å². The fraction of sp³-hybridized carbons (Fsp3) is 0.529. The SMILES string of the molecule is Cc1ccc(C(=O)CCC(=O)O[C@@H](C)C(=O)NC(=O)NC(C)(C)C)s1. The highest BCUT2D eigenvalue weighted by molar-refractivity contribution is 7.14. The smallest absolute Gasteiger partial charge is 0.321 e. The number of carbonyl (C=O) groups excluding carboxylic acids is 4. The summed E-state index contributed by atoms with van der Waals surface area (Å²) in [5.41, 5.74) is -0.495. The number of thiophene rings is 1. The van der Waals surface area contributed by atoms with Crippen molar-refractivity contribution in [3.05, 3.63) is 21.9 Å². The van der Waals surface area contributed by atoms with Gasteiger partial charge in [0.15, 0.2) is 11.9 Å². The number of imide groups is 1. The lowest BCUT2D eigenvalue weighted by Gasteiger charge is -2.21. The number of hydrogen-bond acceptors (Lipinski definition) is 6. The van der Waals surface area contributed by atoms with E-state index in [9.17, 15) is 19.2 Å². The molecule has 1 rings (SSSR count). The Morgan fingerprint density at radius 2 is 1.80 bits per heavy atom. The van der Waals surface area contributed by atoms with Crippen LogP contribution in [0.4, 0.5) is 4.79 Å². The van der Waals surface area contributed by atoms with Gasteiger partial charge in [-0.1, -0.05) is 0 Å². The maximum Gasteiger partial charge on any atom is 0.321 e. The lowest BCUT2D eigenvalue weighted by molar-refractivity contribution is -0.154. The second kappa shape index (κ2) is 8.75. The van der Waals surface area contributed by atoms with Crippen LogP contribution in [0.2, 0.25) is 0 Å². The monoisotopic (exact) mass is 368 g/mol. The normalized spacial score (nSPS) is 12.2. The average molecular weight is 368 g/mol. The van der Waals surface area contributed by atoms with Crippen molar-refractivity contribution >= 4 is 35.0 Å². The van der Waals surface area contributed by atoms with E-state index in [1.54, 1.807) is 26.8 Å². The van der Waals surface area contributed by atoms with Crippen molar-refractivity contribution in [1.29, 1.82) is 0 Å². The van der Waals surface area contributed by atoms with Crippen molar-refractivity contribution in [2.45, 2.75) is 59.1 Å². The Morgan fingerprint density at radius 3 is 2.32 bits per heavy atom. The second-order valence-corrected chi connectivity index (χ2v) is 7.95. The molecule has 0 spiro atoms. The third-order valence-electron chi connectivity index (χ3n) is 2.97. The molecule has 0 saturated heterocycles. The minimum atomic E-state index is -1.13. The fourth-order valence-electron chi connectivity index (χ4n) is 1.82. The number of nitrogens with one attached hydrogen (secondary N) is 2. The lowest BCUT2D eigenvalue weighted by atomic mass is 10.1. The Labute approximate surface area is 151 Å². The summed E-state index contributed by atoms with van der Waals surface area (Å²) in [5, 5.41) is 4.67. The zero-order valence-corrected chi connectivity index (χ0v) is 15.9. The van der Waals surface area contributed by atoms with E-state index in [0.29, 0.717) is 4.88 Å². The van der Waals surface area contributed by atoms with Gasteiger partial charge in [0.05, 0.1) is 11.3 Å². The van der Waals surface area contributed by atoms with Gasteiger partial charge in [-0.3, -0.25) is 19.7 Å². The van der Waals surface area contributed by atoms with Gasteiger partial charge in [0, 0.05) is 16.8 Å². The van der Waals surface area contributed by atoms with Crippen molar-refractivity contribution in [3.63, 3.8) is 0 Å². The van der Waals surface area contributed by atoms with E-state index in [4.69, 9.17) is 4.74 Å². The molecule has 0 aliphatic rings. The topological polar surface area (TPSA) is 102 Å². The minimum Gasteiger partial charge on any atom is -0.453 e. The summed E-state index contributed by atoms with van der Waals surface area (Å²) in [6.07, 6.45) is -1.24. The van der Waals surface area contributed by atoms with Gasteiger partial charge in [-0.15, -0.1) is 11.3 Å². The molecular formula is C17H24N2O5S. The molecule has 1 heterocycles. The molecule has 0 saturated carbocycles. The molecule has 8 heteroatoms. The molecule has 2 N–H and O–H groups in total. The van der Waals surface area contributed by atoms with Crippen LogP contribution in [0.15, 0.2) is 12.1 Å². The molecule has 25 heavy (non-hydrogen) atoms. The molecule has 0 aliphatic heterocycles. The first-order valence-corrected chi connectivity index (χ1v) is 8.71. The molecule has 0 bridgehead atoms. The van der Waals surface area contributed by atoms with Crippen LogP contribution in [-0.4, -0.2) is 35.3 Å². The molecule has 7 nitrogen and oxygen atoms in total. The van der Waals surface area contributed by atoms with Gasteiger partial charge in [-0.2, -0.15) is 0 Å². The third-order valence-corrected chi connectivity index (χ3v) is 4.02. The zero-order valence-electron chi connectivity index (χ0n) is 15.1. The van der Waals surface area contributed by atoms with Gasteiger partial charge in [0.1, 0.15) is 0 Å². The van der Waals surface area contributed by atoms with E-state index in [1.165, 1.54) is 18.3 Å². The Balaban J connectivity index is 2.39. The summed E-state index contributed by atoms with van der Waals surface area (Å²) in [7, 11) is 0. The van der Waals surface area contributed by atoms with Crippen molar-refractivity contribution < 1.29 is 23.9 Å². The molecule has 1 aromatic heterocycles. The molecule has 3 amide bonds. The van der Waals surface area contributed by atoms with Gasteiger partial charge in [-0.25, -0.2) is 4.79 Å². The largest absolute Gasteiger partial charge is 0.453 e. The second-order valence-electron chi connectivity index (χ2n) is 6.66. The molecule has 0 unspecified atom stereocenters. The summed E-state index contributed by atoms with van der Waals surface area (Å²) < 4.78 is 4.95. The Hall–Kier alpha value is -2.22. The summed E-state index contributed by atoms with van der Waals surface area (Å²) in [4.78, 5) is 48.7. The third kappa shape index (κ3) is 7.93. The van der Waals surface area contributed by atoms with Crippen LogP contribution < -0.4 is 10.6 Å². The van der Waals surface area contributed by atoms with Crippen LogP contribution in [0.3, 0.4) is 0 Å². The van der Waals surface area contributed by atoms with Crippen LogP contribution in [0.25, 0.3) is 0 Å². The standard InChI is InChI=1S/C17H24N2O5S/c1-10-6-8-13(25-10)12(20)7-9-14(21)24-11(2)15(22)18-16(23)19-17(3,4)5/h6,8,11H,7,9H2,1-5H3,(H2,18,19,22,23)/t11-/m0/s1. The predicted molar refractivity (Wildman–Crippen MR) is 94.6 cm³/mol. The van der Waals surface area contributed by atoms with E-state index in [-0.39, 0.29) is 18.6 Å². The molecule has 0 aliphatic carbocycles. The van der Waals surface area contributed by atoms with Crippen molar-refractivity contribution in [3.8, 4) is 0 Å². The average Bonchev–Trinajstić information content (AvgIpc) is 2.89. The number of Topliss-reactive ketones (excluding diaryl/α,β-unsaturated/α-hetero) is 1. The number of rotatable bonds is 6. The Kier molecular flexibility index (Phi) is 7.29. The van der Waals surface area contributed by atoms with Crippen molar-refractivity contribution in [2.75, 3.05) is 0 Å². The van der Waals surface area contributed by atoms with Crippen molar-refractivity contribution in [1.82, 2.24) is 10.6 Å². The maximum atomic E-state index is 11.9. The van der Waals surface area contributed by atoms with Crippen molar-refractivity contribution in [2.24, 2.45) is 0 Å². The summed E-state index contributed by atoms with van der Waals surface area (Å²) in [6.45, 7) is 8.57. The minimum absolute atomic E-state index is 0.0115. The molecule has 0 aromatic carbocycles. The van der Waals surface area contributed by atoms with Crippen LogP contribution in [0, 0.1) is 6.92 Å². The lowest BCUT2D eigenvalue weighted by Crippen LogP contribution is -2.50. The molecule has 138 valence electrons. The van der Waals surface area contributed by atoms with E-state index >= 15 is 0 Å². The molecule has 1 atom stereocenters. The highest BCUT2D eigenvalue weighted by Crippen LogP contribution is 2.17.